The molecule has 23 heavy (non-hydrogen) atoms. The van der Waals surface area contributed by atoms with Gasteiger partial charge in [-0.05, 0) is 42.8 Å². The number of benzene rings is 2. The number of rotatable bonds is 6. The molecule has 0 aliphatic carbocycles. The smallest absolute Gasteiger partial charge is 0.255 e. The van der Waals surface area contributed by atoms with Crippen molar-refractivity contribution < 1.29 is 13.2 Å². The maximum absolute atomic E-state index is 12.2. The summed E-state index contributed by atoms with van der Waals surface area (Å²) in [5.41, 5.74) is 0.796. The van der Waals surface area contributed by atoms with Crippen molar-refractivity contribution in [3.8, 4) is 0 Å². The lowest BCUT2D eigenvalue weighted by atomic mass is 10.2. The Morgan fingerprint density at radius 3 is 2.57 bits per heavy atom. The van der Waals surface area contributed by atoms with Gasteiger partial charge in [-0.25, -0.2) is 13.1 Å². The molecular weight excluding hydrogens is 336 g/mol. The summed E-state index contributed by atoms with van der Waals surface area (Å²) in [6, 6.07) is 12.6. The summed E-state index contributed by atoms with van der Waals surface area (Å²) < 4.78 is 26.7. The van der Waals surface area contributed by atoms with Crippen LogP contribution in [0.25, 0.3) is 0 Å². The average molecular weight is 353 g/mol. The first-order chi connectivity index (χ1) is 10.9. The van der Waals surface area contributed by atoms with Gasteiger partial charge in [0, 0.05) is 22.8 Å². The Hall–Kier alpha value is -1.89. The van der Waals surface area contributed by atoms with Gasteiger partial charge in [0.2, 0.25) is 10.0 Å². The standard InChI is InChI=1S/C16H17ClN2O3S/c1-2-9-18-23(21,22)15-8-3-5-12(10-15)16(20)19-14-7-4-6-13(17)11-14/h3-8,10-11,18H,2,9H2,1H3,(H,19,20). The van der Waals surface area contributed by atoms with Crippen molar-refractivity contribution in [2.75, 3.05) is 11.9 Å². The zero-order chi connectivity index (χ0) is 16.9. The van der Waals surface area contributed by atoms with E-state index in [0.29, 0.717) is 23.7 Å². The zero-order valence-corrected chi connectivity index (χ0v) is 14.1. The molecule has 2 rings (SSSR count). The van der Waals surface area contributed by atoms with E-state index in [0.717, 1.165) is 0 Å². The van der Waals surface area contributed by atoms with Gasteiger partial charge in [0.1, 0.15) is 0 Å². The fourth-order valence-electron chi connectivity index (χ4n) is 1.89. The SMILES string of the molecule is CCCNS(=O)(=O)c1cccc(C(=O)Nc2cccc(Cl)c2)c1. The largest absolute Gasteiger partial charge is 0.322 e. The van der Waals surface area contributed by atoms with Gasteiger partial charge in [0.05, 0.1) is 4.90 Å². The second-order valence-corrected chi connectivity index (χ2v) is 7.09. The van der Waals surface area contributed by atoms with E-state index in [2.05, 4.69) is 10.0 Å². The van der Waals surface area contributed by atoms with Crippen molar-refractivity contribution >= 4 is 33.2 Å². The molecule has 2 aromatic rings. The first-order valence-corrected chi connectivity index (χ1v) is 8.95. The van der Waals surface area contributed by atoms with E-state index in [-0.39, 0.29) is 10.5 Å². The predicted molar refractivity (Wildman–Crippen MR) is 91.3 cm³/mol. The molecule has 0 bridgehead atoms. The molecule has 0 saturated carbocycles. The Morgan fingerprint density at radius 2 is 1.87 bits per heavy atom. The molecule has 0 aliphatic rings. The summed E-state index contributed by atoms with van der Waals surface area (Å²) in [6.45, 7) is 2.22. The molecule has 0 radical (unpaired) electrons. The number of hydrogen-bond acceptors (Lipinski definition) is 3. The molecule has 122 valence electrons. The minimum Gasteiger partial charge on any atom is -0.322 e. The highest BCUT2D eigenvalue weighted by Gasteiger charge is 2.15. The van der Waals surface area contributed by atoms with E-state index in [9.17, 15) is 13.2 Å². The van der Waals surface area contributed by atoms with Crippen LogP contribution in [0.3, 0.4) is 0 Å². The first kappa shape index (κ1) is 17.5. The van der Waals surface area contributed by atoms with Gasteiger partial charge in [-0.1, -0.05) is 30.7 Å². The topological polar surface area (TPSA) is 75.3 Å². The summed E-state index contributed by atoms with van der Waals surface area (Å²) in [7, 11) is -3.61. The van der Waals surface area contributed by atoms with Crippen molar-refractivity contribution in [2.24, 2.45) is 0 Å². The monoisotopic (exact) mass is 352 g/mol. The molecule has 0 fully saturated rings. The normalized spacial score (nSPS) is 11.2. The molecule has 0 spiro atoms. The van der Waals surface area contributed by atoms with Gasteiger partial charge in [-0.15, -0.1) is 0 Å². The highest BCUT2D eigenvalue weighted by molar-refractivity contribution is 7.89. The first-order valence-electron chi connectivity index (χ1n) is 7.09. The molecule has 0 aromatic heterocycles. The van der Waals surface area contributed by atoms with E-state index in [4.69, 9.17) is 11.6 Å². The maximum Gasteiger partial charge on any atom is 0.255 e. The molecule has 0 saturated heterocycles. The lowest BCUT2D eigenvalue weighted by molar-refractivity contribution is 0.102. The highest BCUT2D eigenvalue weighted by Crippen LogP contribution is 2.17. The van der Waals surface area contributed by atoms with Crippen molar-refractivity contribution in [3.05, 3.63) is 59.1 Å². The van der Waals surface area contributed by atoms with E-state index in [1.165, 1.54) is 18.2 Å². The van der Waals surface area contributed by atoms with Crippen molar-refractivity contribution in [1.82, 2.24) is 4.72 Å². The molecule has 0 unspecified atom stereocenters. The van der Waals surface area contributed by atoms with Crippen LogP contribution >= 0.6 is 11.6 Å². The second kappa shape index (κ2) is 7.59. The van der Waals surface area contributed by atoms with Crippen LogP contribution in [0.1, 0.15) is 23.7 Å². The number of amides is 1. The quantitative estimate of drug-likeness (QED) is 0.837. The fraction of sp³-hybridized carbons (Fsp3) is 0.188. The molecule has 1 amide bonds. The number of anilines is 1. The third-order valence-corrected chi connectivity index (χ3v) is 4.72. The Balaban J connectivity index is 2.20. The van der Waals surface area contributed by atoms with E-state index in [1.807, 2.05) is 6.92 Å². The zero-order valence-electron chi connectivity index (χ0n) is 12.5. The van der Waals surface area contributed by atoms with Gasteiger partial charge in [-0.2, -0.15) is 0 Å². The third-order valence-electron chi connectivity index (χ3n) is 3.03. The van der Waals surface area contributed by atoms with Crippen LogP contribution in [0.2, 0.25) is 5.02 Å². The van der Waals surface area contributed by atoms with Gasteiger partial charge in [-0.3, -0.25) is 4.79 Å². The van der Waals surface area contributed by atoms with Crippen LogP contribution in [0, 0.1) is 0 Å². The molecule has 0 heterocycles. The predicted octanol–water partition coefficient (Wildman–Crippen LogP) is 3.28. The lowest BCUT2D eigenvalue weighted by Crippen LogP contribution is -2.24. The van der Waals surface area contributed by atoms with Crippen molar-refractivity contribution in [1.29, 1.82) is 0 Å². The number of carbonyl (C=O) groups is 1. The van der Waals surface area contributed by atoms with Gasteiger partial charge in [0.25, 0.3) is 5.91 Å². The summed E-state index contributed by atoms with van der Waals surface area (Å²) in [5, 5.41) is 3.18. The maximum atomic E-state index is 12.2. The summed E-state index contributed by atoms with van der Waals surface area (Å²) in [6.07, 6.45) is 0.689. The van der Waals surface area contributed by atoms with Crippen LogP contribution in [0.4, 0.5) is 5.69 Å². The molecule has 5 nitrogen and oxygen atoms in total. The van der Waals surface area contributed by atoms with Crippen molar-refractivity contribution in [3.63, 3.8) is 0 Å². The van der Waals surface area contributed by atoms with Gasteiger partial charge >= 0.3 is 0 Å². The molecule has 0 atom stereocenters. The third kappa shape index (κ3) is 4.79. The van der Waals surface area contributed by atoms with E-state index in [1.54, 1.807) is 30.3 Å². The highest BCUT2D eigenvalue weighted by atomic mass is 35.5. The Morgan fingerprint density at radius 1 is 1.13 bits per heavy atom. The molecular formula is C16H17ClN2O3S. The van der Waals surface area contributed by atoms with Crippen LogP contribution < -0.4 is 10.0 Å². The van der Waals surface area contributed by atoms with Gasteiger partial charge < -0.3 is 5.32 Å². The number of sulfonamides is 1. The summed E-state index contributed by atoms with van der Waals surface area (Å²) in [4.78, 5) is 12.3. The van der Waals surface area contributed by atoms with Gasteiger partial charge in [0.15, 0.2) is 0 Å². The molecule has 2 N–H and O–H groups in total. The number of carbonyl (C=O) groups excluding carboxylic acids is 1. The Kier molecular flexibility index (Phi) is 5.76. The van der Waals surface area contributed by atoms with E-state index < -0.39 is 15.9 Å². The second-order valence-electron chi connectivity index (χ2n) is 4.89. The van der Waals surface area contributed by atoms with Crippen molar-refractivity contribution in [2.45, 2.75) is 18.2 Å². The average Bonchev–Trinajstić information content (AvgIpc) is 2.53. The molecule has 7 heteroatoms. The lowest BCUT2D eigenvalue weighted by Gasteiger charge is -2.09. The number of halogens is 1. The minimum atomic E-state index is -3.61. The summed E-state index contributed by atoms with van der Waals surface area (Å²) in [5.74, 6) is -0.403. The van der Waals surface area contributed by atoms with E-state index >= 15 is 0 Å². The summed E-state index contributed by atoms with van der Waals surface area (Å²) >= 11 is 5.87. The fourth-order valence-corrected chi connectivity index (χ4v) is 3.26. The Bertz CT molecular complexity index is 806. The van der Waals surface area contributed by atoms with Crippen LogP contribution in [0.15, 0.2) is 53.4 Å². The van der Waals surface area contributed by atoms with Crippen LogP contribution in [-0.4, -0.2) is 20.9 Å². The minimum absolute atomic E-state index is 0.0599. The molecule has 2 aromatic carbocycles. The Labute approximate surface area is 140 Å². The molecule has 0 aliphatic heterocycles. The number of nitrogens with one attached hydrogen (secondary N) is 2. The van der Waals surface area contributed by atoms with Crippen LogP contribution in [0.5, 0.6) is 0 Å². The number of hydrogen-bond donors (Lipinski definition) is 2. The van der Waals surface area contributed by atoms with Crippen LogP contribution in [-0.2, 0) is 10.0 Å².